The summed E-state index contributed by atoms with van der Waals surface area (Å²) in [5.41, 5.74) is 3.83. The smallest absolute Gasteiger partial charge is 0.253 e. The highest BCUT2D eigenvalue weighted by Gasteiger charge is 2.15. The van der Waals surface area contributed by atoms with Crippen molar-refractivity contribution in [3.63, 3.8) is 0 Å². The Kier molecular flexibility index (Phi) is 5.03. The Morgan fingerprint density at radius 3 is 2.72 bits per heavy atom. The van der Waals surface area contributed by atoms with E-state index < -0.39 is 0 Å². The zero-order valence-corrected chi connectivity index (χ0v) is 16.1. The van der Waals surface area contributed by atoms with Crippen LogP contribution in [0.5, 0.6) is 0 Å². The zero-order valence-electron chi connectivity index (χ0n) is 14.5. The third-order valence-electron chi connectivity index (χ3n) is 4.21. The van der Waals surface area contributed by atoms with Gasteiger partial charge in [-0.3, -0.25) is 14.2 Å². The second-order valence-electron chi connectivity index (χ2n) is 6.10. The van der Waals surface area contributed by atoms with Crippen molar-refractivity contribution in [1.82, 2.24) is 24.5 Å². The third-order valence-corrected chi connectivity index (χ3v) is 4.62. The summed E-state index contributed by atoms with van der Waals surface area (Å²) >= 11 is 3.39. The average Bonchev–Trinajstić information content (AvgIpc) is 3.14. The average molecular weight is 402 g/mol. The molecule has 0 spiro atoms. The zero-order chi connectivity index (χ0) is 18.0. The first-order valence-electron chi connectivity index (χ1n) is 7.94. The molecule has 3 aromatic rings. The number of aryl methyl sites for hydroxylation is 1. The monoisotopic (exact) mass is 401 g/mol. The van der Waals surface area contributed by atoms with Gasteiger partial charge in [0.2, 0.25) is 0 Å². The molecule has 0 aliphatic carbocycles. The van der Waals surface area contributed by atoms with Crippen LogP contribution in [0.2, 0.25) is 0 Å². The van der Waals surface area contributed by atoms with Crippen molar-refractivity contribution < 1.29 is 4.79 Å². The third kappa shape index (κ3) is 3.99. The summed E-state index contributed by atoms with van der Waals surface area (Å²) in [6, 6.07) is 7.67. The normalized spacial score (nSPS) is 10.9. The van der Waals surface area contributed by atoms with E-state index >= 15 is 0 Å². The Hall–Kier alpha value is -2.41. The van der Waals surface area contributed by atoms with Crippen LogP contribution in [0.15, 0.2) is 47.3 Å². The molecule has 0 saturated heterocycles. The van der Waals surface area contributed by atoms with Crippen molar-refractivity contribution >= 4 is 21.8 Å². The molecule has 1 aromatic carbocycles. The van der Waals surface area contributed by atoms with Gasteiger partial charge in [-0.25, -0.2) is 0 Å². The van der Waals surface area contributed by atoms with Crippen molar-refractivity contribution in [2.75, 3.05) is 7.05 Å². The molecule has 3 rings (SSSR count). The number of nitrogens with zero attached hydrogens (tertiary/aromatic N) is 5. The van der Waals surface area contributed by atoms with E-state index in [1.807, 2.05) is 67.0 Å². The van der Waals surface area contributed by atoms with Gasteiger partial charge in [0, 0.05) is 43.7 Å². The number of aromatic nitrogens is 4. The number of amides is 1. The van der Waals surface area contributed by atoms with Gasteiger partial charge in [0.1, 0.15) is 0 Å². The first-order valence-corrected chi connectivity index (χ1v) is 8.73. The Morgan fingerprint density at radius 2 is 2.08 bits per heavy atom. The Balaban J connectivity index is 1.73. The molecule has 0 aliphatic heterocycles. The molecular formula is C18H20BrN5O. The lowest BCUT2D eigenvalue weighted by Crippen LogP contribution is -2.26. The maximum Gasteiger partial charge on any atom is 0.253 e. The molecular weight excluding hydrogens is 382 g/mol. The predicted octanol–water partition coefficient (Wildman–Crippen LogP) is 3.01. The van der Waals surface area contributed by atoms with Gasteiger partial charge in [-0.15, -0.1) is 0 Å². The Labute approximate surface area is 155 Å². The minimum absolute atomic E-state index is 0.00764. The van der Waals surface area contributed by atoms with Crippen LogP contribution in [-0.2, 0) is 20.1 Å². The number of carbonyl (C=O) groups excluding carboxylic acids is 1. The van der Waals surface area contributed by atoms with E-state index in [-0.39, 0.29) is 5.91 Å². The first-order chi connectivity index (χ1) is 11.9. The van der Waals surface area contributed by atoms with Gasteiger partial charge in [0.15, 0.2) is 0 Å². The van der Waals surface area contributed by atoms with Crippen molar-refractivity contribution in [2.24, 2.45) is 7.05 Å². The summed E-state index contributed by atoms with van der Waals surface area (Å²) in [7, 11) is 3.71. The number of hydrogen-bond acceptors (Lipinski definition) is 3. The van der Waals surface area contributed by atoms with Gasteiger partial charge < -0.3 is 4.90 Å². The van der Waals surface area contributed by atoms with E-state index in [0.717, 1.165) is 21.3 Å². The second-order valence-corrected chi connectivity index (χ2v) is 7.01. The molecule has 0 unspecified atom stereocenters. The van der Waals surface area contributed by atoms with E-state index in [1.54, 1.807) is 11.1 Å². The summed E-state index contributed by atoms with van der Waals surface area (Å²) in [4.78, 5) is 14.5. The number of benzene rings is 1. The molecule has 6 nitrogen and oxygen atoms in total. The predicted molar refractivity (Wildman–Crippen MR) is 99.2 cm³/mol. The molecule has 0 atom stereocenters. The van der Waals surface area contributed by atoms with E-state index in [4.69, 9.17) is 0 Å². The van der Waals surface area contributed by atoms with E-state index in [2.05, 4.69) is 26.1 Å². The van der Waals surface area contributed by atoms with Crippen molar-refractivity contribution in [3.8, 4) is 0 Å². The fraction of sp³-hybridized carbons (Fsp3) is 0.278. The highest BCUT2D eigenvalue weighted by Crippen LogP contribution is 2.14. The fourth-order valence-electron chi connectivity index (χ4n) is 2.66. The SMILES string of the molecule is Cc1c(CN(C)C(=O)c2cccc(Cn3cc(Br)cn3)c2)cnn1C. The van der Waals surface area contributed by atoms with Crippen molar-refractivity contribution in [3.05, 3.63) is 69.7 Å². The fourth-order valence-corrected chi connectivity index (χ4v) is 2.99. The minimum Gasteiger partial charge on any atom is -0.337 e. The molecule has 0 N–H and O–H groups in total. The molecule has 7 heteroatoms. The molecule has 2 aromatic heterocycles. The molecule has 0 radical (unpaired) electrons. The largest absolute Gasteiger partial charge is 0.337 e. The van der Waals surface area contributed by atoms with Crippen LogP contribution in [0.3, 0.4) is 0 Å². The van der Waals surface area contributed by atoms with Gasteiger partial charge in [0.05, 0.1) is 23.4 Å². The van der Waals surface area contributed by atoms with Gasteiger partial charge >= 0.3 is 0 Å². The maximum atomic E-state index is 12.7. The highest BCUT2D eigenvalue weighted by atomic mass is 79.9. The molecule has 0 fully saturated rings. The van der Waals surface area contributed by atoms with Crippen molar-refractivity contribution in [2.45, 2.75) is 20.0 Å². The summed E-state index contributed by atoms with van der Waals surface area (Å²) in [5.74, 6) is -0.00764. The van der Waals surface area contributed by atoms with Gasteiger partial charge in [0.25, 0.3) is 5.91 Å². The molecule has 25 heavy (non-hydrogen) atoms. The Morgan fingerprint density at radius 1 is 1.28 bits per heavy atom. The van der Waals surface area contributed by atoms with Crippen molar-refractivity contribution in [1.29, 1.82) is 0 Å². The topological polar surface area (TPSA) is 56.0 Å². The summed E-state index contributed by atoms with van der Waals surface area (Å²) < 4.78 is 4.58. The van der Waals surface area contributed by atoms with E-state index in [0.29, 0.717) is 18.7 Å². The van der Waals surface area contributed by atoms with Crippen LogP contribution in [0.1, 0.15) is 27.2 Å². The van der Waals surface area contributed by atoms with Gasteiger partial charge in [-0.05, 0) is 40.5 Å². The Bertz CT molecular complexity index is 899. The van der Waals surface area contributed by atoms with Crippen LogP contribution in [-0.4, -0.2) is 37.4 Å². The summed E-state index contributed by atoms with van der Waals surface area (Å²) in [6.07, 6.45) is 5.47. The first kappa shape index (κ1) is 17.4. The van der Waals surface area contributed by atoms with E-state index in [9.17, 15) is 4.79 Å². The number of hydrogen-bond donors (Lipinski definition) is 0. The van der Waals surface area contributed by atoms with Gasteiger partial charge in [-0.1, -0.05) is 12.1 Å². The molecule has 1 amide bonds. The van der Waals surface area contributed by atoms with Crippen LogP contribution < -0.4 is 0 Å². The number of carbonyl (C=O) groups is 1. The van der Waals surface area contributed by atoms with Crippen LogP contribution in [0.25, 0.3) is 0 Å². The summed E-state index contributed by atoms with van der Waals surface area (Å²) in [6.45, 7) is 3.16. The van der Waals surface area contributed by atoms with Crippen LogP contribution >= 0.6 is 15.9 Å². The van der Waals surface area contributed by atoms with E-state index in [1.165, 1.54) is 0 Å². The lowest BCUT2D eigenvalue weighted by molar-refractivity contribution is 0.0784. The molecule has 0 bridgehead atoms. The second kappa shape index (κ2) is 7.23. The molecule has 130 valence electrons. The highest BCUT2D eigenvalue weighted by molar-refractivity contribution is 9.10. The maximum absolute atomic E-state index is 12.7. The molecule has 0 aliphatic rings. The quantitative estimate of drug-likeness (QED) is 0.660. The molecule has 0 saturated carbocycles. The standard InChI is InChI=1S/C18H20BrN5O/c1-13-16(8-20-23(13)3)11-22(2)18(25)15-6-4-5-14(7-15)10-24-12-17(19)9-21-24/h4-9,12H,10-11H2,1-3H3. The lowest BCUT2D eigenvalue weighted by atomic mass is 10.1. The van der Waals surface area contributed by atoms with Gasteiger partial charge in [-0.2, -0.15) is 10.2 Å². The minimum atomic E-state index is -0.00764. The van der Waals surface area contributed by atoms with Crippen LogP contribution in [0.4, 0.5) is 0 Å². The lowest BCUT2D eigenvalue weighted by Gasteiger charge is -2.17. The number of rotatable bonds is 5. The number of halogens is 1. The van der Waals surface area contributed by atoms with Crippen LogP contribution in [0, 0.1) is 6.92 Å². The summed E-state index contributed by atoms with van der Waals surface area (Å²) in [5, 5.41) is 8.48. The molecule has 2 heterocycles.